The molecule has 8 nitrogen and oxygen atoms in total. The second-order valence-corrected chi connectivity index (χ2v) is 8.61. The van der Waals surface area contributed by atoms with Crippen LogP contribution in [0.1, 0.15) is 37.8 Å². The number of nitriles is 1. The number of carbonyl (C=O) groups excluding carboxylic acids is 1. The fourth-order valence-electron chi connectivity index (χ4n) is 4.49. The van der Waals surface area contributed by atoms with E-state index in [1.165, 1.54) is 5.57 Å². The first-order chi connectivity index (χ1) is 14.5. The molecule has 3 aliphatic rings. The fraction of sp³-hybridized carbons (Fsp3) is 0.545. The van der Waals surface area contributed by atoms with Gasteiger partial charge in [-0.05, 0) is 50.0 Å². The van der Waals surface area contributed by atoms with Gasteiger partial charge in [0.2, 0.25) is 0 Å². The number of benzene rings is 1. The van der Waals surface area contributed by atoms with Crippen molar-refractivity contribution in [2.24, 2.45) is 0 Å². The first-order valence-corrected chi connectivity index (χ1v) is 10.6. The van der Waals surface area contributed by atoms with Crippen LogP contribution in [0.3, 0.4) is 0 Å². The van der Waals surface area contributed by atoms with Gasteiger partial charge in [0.25, 0.3) is 0 Å². The number of rotatable bonds is 4. The lowest BCUT2D eigenvalue weighted by atomic mass is 9.92. The van der Waals surface area contributed by atoms with Crippen molar-refractivity contribution < 1.29 is 9.53 Å². The molecule has 1 aromatic rings. The molecule has 1 aromatic carbocycles. The van der Waals surface area contributed by atoms with Crippen LogP contribution < -0.4 is 21.3 Å². The third-order valence-corrected chi connectivity index (χ3v) is 6.26. The molecule has 2 amide bonds. The molecule has 2 unspecified atom stereocenters. The summed E-state index contributed by atoms with van der Waals surface area (Å²) < 4.78 is 5.43. The summed E-state index contributed by atoms with van der Waals surface area (Å²) in [7, 11) is 0. The number of ether oxygens (including phenoxy) is 1. The molecule has 8 heteroatoms. The summed E-state index contributed by atoms with van der Waals surface area (Å²) in [6, 6.07) is 9.87. The molecule has 0 bridgehead atoms. The zero-order valence-electron chi connectivity index (χ0n) is 17.6. The topological polar surface area (TPSA) is 101 Å². The zero-order chi connectivity index (χ0) is 21.1. The lowest BCUT2D eigenvalue weighted by Crippen LogP contribution is -2.61. The van der Waals surface area contributed by atoms with Crippen molar-refractivity contribution in [2.45, 2.75) is 57.1 Å². The monoisotopic (exact) mass is 410 g/mol. The van der Waals surface area contributed by atoms with Gasteiger partial charge < -0.3 is 20.3 Å². The van der Waals surface area contributed by atoms with E-state index < -0.39 is 5.54 Å². The largest absolute Gasteiger partial charge is 0.381 e. The van der Waals surface area contributed by atoms with E-state index in [4.69, 9.17) is 10.00 Å². The molecule has 30 heavy (non-hydrogen) atoms. The van der Waals surface area contributed by atoms with Gasteiger partial charge in [0.1, 0.15) is 6.29 Å². The predicted molar refractivity (Wildman–Crippen MR) is 113 cm³/mol. The Morgan fingerprint density at radius 3 is 2.93 bits per heavy atom. The predicted octanol–water partition coefficient (Wildman–Crippen LogP) is 1.36. The number of nitrogens with zero attached hydrogens (tertiary/aromatic N) is 2. The van der Waals surface area contributed by atoms with Crippen LogP contribution in [0.25, 0.3) is 0 Å². The lowest BCUT2D eigenvalue weighted by Gasteiger charge is -2.36. The Bertz CT molecular complexity index is 855. The summed E-state index contributed by atoms with van der Waals surface area (Å²) in [5.41, 5.74) is 2.29. The average molecular weight is 411 g/mol. The van der Waals surface area contributed by atoms with Crippen LogP contribution in [-0.4, -0.2) is 54.6 Å². The molecule has 0 radical (unpaired) electrons. The number of hydrogen-bond donors (Lipinski definition) is 4. The van der Waals surface area contributed by atoms with Gasteiger partial charge >= 0.3 is 6.03 Å². The van der Waals surface area contributed by atoms with Crippen molar-refractivity contribution >= 4 is 6.03 Å². The Morgan fingerprint density at radius 1 is 1.37 bits per heavy atom. The number of amides is 2. The molecule has 3 aliphatic heterocycles. The van der Waals surface area contributed by atoms with Crippen LogP contribution >= 0.6 is 0 Å². The van der Waals surface area contributed by atoms with E-state index in [1.807, 2.05) is 17.0 Å². The van der Waals surface area contributed by atoms with Crippen molar-refractivity contribution in [3.63, 3.8) is 0 Å². The van der Waals surface area contributed by atoms with Gasteiger partial charge in [-0.2, -0.15) is 5.26 Å². The second kappa shape index (κ2) is 8.64. The van der Waals surface area contributed by atoms with E-state index in [2.05, 4.69) is 47.4 Å². The van der Waals surface area contributed by atoms with Gasteiger partial charge in [-0.15, -0.1) is 0 Å². The van der Waals surface area contributed by atoms with E-state index in [1.54, 1.807) is 12.1 Å². The molecule has 4 rings (SSSR count). The minimum atomic E-state index is -0.396. The van der Waals surface area contributed by atoms with Gasteiger partial charge in [0.15, 0.2) is 0 Å². The molecule has 2 fully saturated rings. The summed E-state index contributed by atoms with van der Waals surface area (Å²) in [5, 5.41) is 22.7. The first-order valence-electron chi connectivity index (χ1n) is 10.6. The van der Waals surface area contributed by atoms with Crippen molar-refractivity contribution in [3.05, 3.63) is 47.2 Å². The van der Waals surface area contributed by atoms with Gasteiger partial charge in [-0.1, -0.05) is 12.1 Å². The van der Waals surface area contributed by atoms with Gasteiger partial charge in [0.05, 0.1) is 23.2 Å². The summed E-state index contributed by atoms with van der Waals surface area (Å²) >= 11 is 0. The van der Waals surface area contributed by atoms with Gasteiger partial charge in [-0.25, -0.2) is 4.79 Å². The van der Waals surface area contributed by atoms with Gasteiger partial charge in [0, 0.05) is 38.5 Å². The van der Waals surface area contributed by atoms with E-state index in [0.29, 0.717) is 24.7 Å². The smallest absolute Gasteiger partial charge is 0.318 e. The number of fused-ring (bicyclic) bond motifs is 1. The Hall–Kier alpha value is -2.60. The molecular weight excluding hydrogens is 380 g/mol. The average Bonchev–Trinajstić information content (AvgIpc) is 3.03. The second-order valence-electron chi connectivity index (χ2n) is 8.61. The summed E-state index contributed by atoms with van der Waals surface area (Å²) in [4.78, 5) is 14.9. The summed E-state index contributed by atoms with van der Waals surface area (Å²) in [6.45, 7) is 6.75. The highest BCUT2D eigenvalue weighted by molar-refractivity contribution is 5.77. The number of likely N-dealkylation sites (tertiary alicyclic amines) is 1. The maximum absolute atomic E-state index is 13.0. The molecule has 0 aromatic heterocycles. The molecule has 0 aliphatic carbocycles. The molecule has 0 saturated carbocycles. The highest BCUT2D eigenvalue weighted by Gasteiger charge is 2.47. The molecule has 3 heterocycles. The number of hydrogen-bond acceptors (Lipinski definition) is 6. The molecule has 0 spiro atoms. The fourth-order valence-corrected chi connectivity index (χ4v) is 4.49. The van der Waals surface area contributed by atoms with Crippen LogP contribution in [0.4, 0.5) is 4.79 Å². The minimum Gasteiger partial charge on any atom is -0.381 e. The van der Waals surface area contributed by atoms with Crippen LogP contribution in [-0.2, 0) is 11.3 Å². The maximum Gasteiger partial charge on any atom is 0.318 e. The highest BCUT2D eigenvalue weighted by Crippen LogP contribution is 2.35. The Labute approximate surface area is 177 Å². The third-order valence-electron chi connectivity index (χ3n) is 6.26. The van der Waals surface area contributed by atoms with Crippen LogP contribution in [0, 0.1) is 11.3 Å². The zero-order valence-corrected chi connectivity index (χ0v) is 17.6. The highest BCUT2D eigenvalue weighted by atomic mass is 16.5. The van der Waals surface area contributed by atoms with Crippen LogP contribution in [0.2, 0.25) is 0 Å². The van der Waals surface area contributed by atoms with Crippen molar-refractivity contribution in [3.8, 4) is 6.07 Å². The number of carbonyl (C=O) groups is 1. The molecule has 4 N–H and O–H groups in total. The van der Waals surface area contributed by atoms with Crippen LogP contribution in [0.15, 0.2) is 36.0 Å². The van der Waals surface area contributed by atoms with E-state index in [9.17, 15) is 4.79 Å². The molecule has 2 saturated heterocycles. The van der Waals surface area contributed by atoms with Crippen LogP contribution in [0.5, 0.6) is 0 Å². The van der Waals surface area contributed by atoms with E-state index >= 15 is 0 Å². The van der Waals surface area contributed by atoms with E-state index in [0.717, 1.165) is 31.6 Å². The number of urea groups is 1. The lowest BCUT2D eigenvalue weighted by molar-refractivity contribution is 0.0715. The normalized spacial score (nSPS) is 25.6. The Balaban J connectivity index is 1.36. The summed E-state index contributed by atoms with van der Waals surface area (Å²) in [5.74, 6) is 0. The SMILES string of the molecule is CC1(C)C2=CNC(NC3CCOCC3)NC2CN1C(=O)NCc1cccc(C#N)c1. The van der Waals surface area contributed by atoms with Crippen molar-refractivity contribution in [1.82, 2.24) is 26.2 Å². The van der Waals surface area contributed by atoms with E-state index in [-0.39, 0.29) is 18.4 Å². The molecule has 2 atom stereocenters. The first kappa shape index (κ1) is 20.7. The standard InChI is InChI=1S/C22H30N6O2/c1-22(2)18-13-24-20(26-17-6-8-30-9-7-17)27-19(18)14-28(22)21(29)25-12-16-5-3-4-15(10-16)11-23/h3-5,10,13,17,19-20,24,26-27H,6-9,12,14H2,1-2H3,(H,25,29). The Kier molecular flexibility index (Phi) is 5.95. The van der Waals surface area contributed by atoms with Crippen molar-refractivity contribution in [1.29, 1.82) is 5.26 Å². The van der Waals surface area contributed by atoms with Gasteiger partial charge in [-0.3, -0.25) is 10.6 Å². The molecule has 160 valence electrons. The number of nitrogens with one attached hydrogen (secondary N) is 4. The molecular formula is C22H30N6O2. The van der Waals surface area contributed by atoms with Crippen molar-refractivity contribution in [2.75, 3.05) is 19.8 Å². The summed E-state index contributed by atoms with van der Waals surface area (Å²) in [6.07, 6.45) is 4.05. The third kappa shape index (κ3) is 4.29. The minimum absolute atomic E-state index is 0.0191. The quantitative estimate of drug-likeness (QED) is 0.598. The maximum atomic E-state index is 13.0. The Morgan fingerprint density at radius 2 is 2.17 bits per heavy atom.